The van der Waals surface area contributed by atoms with Gasteiger partial charge in [0, 0.05) is 160 Å². The minimum absolute atomic E-state index is 0.0273. The van der Waals surface area contributed by atoms with E-state index in [1.54, 1.807) is 24.8 Å². The molecule has 710 valence electrons. The van der Waals surface area contributed by atoms with Gasteiger partial charge in [-0.05, 0) is 279 Å². The molecule has 0 saturated heterocycles. The van der Waals surface area contributed by atoms with Gasteiger partial charge < -0.3 is 61.3 Å². The van der Waals surface area contributed by atoms with Gasteiger partial charge in [-0.3, -0.25) is 9.80 Å². The molecule has 25 heteroatoms. The predicted octanol–water partition coefficient (Wildman–Crippen LogP) is 29.2. The normalized spacial score (nSPS) is 16.7. The quantitative estimate of drug-likeness (QED) is 0.131. The van der Waals surface area contributed by atoms with Crippen LogP contribution < -0.4 is 44.1 Å². The first-order valence-electron chi connectivity index (χ1n) is 50.0. The van der Waals surface area contributed by atoms with E-state index in [0.717, 1.165) is 230 Å². The zero-order chi connectivity index (χ0) is 101. The standard InChI is InChI=1S/2C26H22N4O.C25H21N5O.C23H24N4O.C18H19N3O/c1-16-11-13-20-21-14-12-17(2)28-26(21)31-24(20)23(16)30-18(3)29(19-8-5-4-6-9-19)25-22(30)10-7-15-27-25;1-16-11-13-20-21-14-12-17(2)28-26(21)31-24(20)23(16)30-18(3)29(19-8-5-4-6-9-19)22-10-7-15-27-25(22)30;1-15-9-11-19-20-12-10-16(2)28-25(20)31-22(19)21(15)30-17(3)29(18-7-5-4-6-8-18)23-24(30)27-14-13-26-23;1-13(2)26-16(5)27(22-19(26)7-6-12-24-22)20-14(3)8-10-17-18-11-9-15(4)25-23(18)28-21(17)20;1-11-5-7-14-15-8-6-12(2)19-18(15)22-17(14)16(11)21-10-9-20(4)13(21)3/h2*4-15,18H,1-3H3;4-14,17H,1-3H3;6-13,16H,1-5H3;5-10,13H,1-4H3/i;;;;4D3. The van der Waals surface area contributed by atoms with Crippen molar-refractivity contribution in [2.24, 2.45) is 0 Å². The van der Waals surface area contributed by atoms with E-state index >= 15 is 0 Å². The average Bonchev–Trinajstić information content (AvgIpc) is 1.54. The van der Waals surface area contributed by atoms with Crippen LogP contribution in [0.2, 0.25) is 0 Å². The van der Waals surface area contributed by atoms with Crippen molar-refractivity contribution in [3.8, 4) is 0 Å². The second-order valence-corrected chi connectivity index (χ2v) is 37.7. The molecule has 25 nitrogen and oxygen atoms in total. The summed E-state index contributed by atoms with van der Waals surface area (Å²) < 4.78 is 54.5. The van der Waals surface area contributed by atoms with E-state index in [1.165, 1.54) is 4.90 Å². The number of aryl methyl sites for hydroxylation is 10. The lowest BCUT2D eigenvalue weighted by molar-refractivity contribution is 0.383. The molecule has 22 aromatic rings. The molecule has 0 N–H and O–H groups in total. The van der Waals surface area contributed by atoms with Crippen LogP contribution in [0.5, 0.6) is 0 Å². The molecular formula is C118H108N20O5. The Bertz CT molecular complexity index is 8380. The van der Waals surface area contributed by atoms with Crippen LogP contribution in [-0.4, -0.2) is 98.6 Å². The lowest BCUT2D eigenvalue weighted by Crippen LogP contribution is -2.42. The smallest absolute Gasteiger partial charge is 0.227 e. The summed E-state index contributed by atoms with van der Waals surface area (Å²) in [4.78, 5) is 68.3. The molecular weight excluding hydrogens is 1780 g/mol. The van der Waals surface area contributed by atoms with Gasteiger partial charge in [-0.25, -0.2) is 49.8 Å². The molecule has 5 unspecified atom stereocenters. The largest absolute Gasteiger partial charge is 0.435 e. The third-order valence-electron chi connectivity index (χ3n) is 28.1. The van der Waals surface area contributed by atoms with Crippen molar-refractivity contribution in [2.75, 3.05) is 51.1 Å². The van der Waals surface area contributed by atoms with E-state index < -0.39 is 6.98 Å². The van der Waals surface area contributed by atoms with Gasteiger partial charge in [0.05, 0.1) is 45.5 Å². The van der Waals surface area contributed by atoms with Crippen molar-refractivity contribution in [2.45, 2.75) is 155 Å². The van der Waals surface area contributed by atoms with Crippen LogP contribution in [0.1, 0.15) is 109 Å². The number of para-hydroxylation sites is 3. The third kappa shape index (κ3) is 15.0. The molecule has 5 aliphatic rings. The summed E-state index contributed by atoms with van der Waals surface area (Å²) in [6, 6.07) is 85.6. The third-order valence-corrected chi connectivity index (χ3v) is 28.1. The van der Waals surface area contributed by atoms with Crippen LogP contribution in [-0.2, 0) is 0 Å². The second-order valence-electron chi connectivity index (χ2n) is 37.7. The van der Waals surface area contributed by atoms with Crippen molar-refractivity contribution in [1.29, 1.82) is 0 Å². The molecule has 0 bridgehead atoms. The highest BCUT2D eigenvalue weighted by Gasteiger charge is 2.44. The maximum Gasteiger partial charge on any atom is 0.227 e. The van der Waals surface area contributed by atoms with E-state index in [0.29, 0.717) is 34.6 Å². The first-order valence-corrected chi connectivity index (χ1v) is 48.5. The topological polar surface area (TPSA) is 227 Å². The summed E-state index contributed by atoms with van der Waals surface area (Å²) in [5, 5.41) is 10.4. The van der Waals surface area contributed by atoms with Gasteiger partial charge in [0.15, 0.2) is 57.0 Å². The van der Waals surface area contributed by atoms with Crippen molar-refractivity contribution in [1.82, 2.24) is 54.7 Å². The van der Waals surface area contributed by atoms with Crippen molar-refractivity contribution < 1.29 is 26.2 Å². The number of hydrogen-bond acceptors (Lipinski definition) is 25. The molecule has 0 amide bonds. The highest BCUT2D eigenvalue weighted by molar-refractivity contribution is 6.15. The van der Waals surface area contributed by atoms with Gasteiger partial charge in [0.1, 0.15) is 30.8 Å². The molecule has 0 fully saturated rings. The number of nitrogens with zero attached hydrogens (tertiary/aromatic N) is 20. The van der Waals surface area contributed by atoms with E-state index in [1.807, 2.05) is 169 Å². The highest BCUT2D eigenvalue weighted by Crippen LogP contribution is 2.56. The summed E-state index contributed by atoms with van der Waals surface area (Å²) in [6.07, 6.45) is 12.3. The van der Waals surface area contributed by atoms with Crippen molar-refractivity contribution in [3.05, 3.63) is 348 Å². The minimum atomic E-state index is -2.18. The van der Waals surface area contributed by atoms with Crippen LogP contribution in [0, 0.1) is 69.2 Å². The maximum atomic E-state index is 7.69. The Balaban J connectivity index is 0.000000101. The van der Waals surface area contributed by atoms with Crippen LogP contribution in [0.3, 0.4) is 0 Å². The molecule has 0 spiro atoms. The van der Waals surface area contributed by atoms with Gasteiger partial charge in [-0.1, -0.05) is 115 Å². The fourth-order valence-corrected chi connectivity index (χ4v) is 21.4. The van der Waals surface area contributed by atoms with Crippen LogP contribution in [0.4, 0.5) is 91.7 Å². The lowest BCUT2D eigenvalue weighted by Gasteiger charge is -2.33. The van der Waals surface area contributed by atoms with Gasteiger partial charge in [0.2, 0.25) is 28.6 Å². The first-order chi connectivity index (χ1) is 70.6. The molecule has 8 aromatic carbocycles. The molecule has 143 heavy (non-hydrogen) atoms. The Kier molecular flexibility index (Phi) is 21.4. The Labute approximate surface area is 832 Å². The number of anilines is 16. The predicted molar refractivity (Wildman–Crippen MR) is 578 cm³/mol. The number of aromatic nitrogens is 10. The van der Waals surface area contributed by atoms with Gasteiger partial charge in [-0.2, -0.15) is 0 Å². The van der Waals surface area contributed by atoms with E-state index in [-0.39, 0.29) is 30.8 Å². The summed E-state index contributed by atoms with van der Waals surface area (Å²) >= 11 is 0. The molecule has 14 aromatic heterocycles. The Morgan fingerprint density at radius 2 is 0.531 bits per heavy atom. The van der Waals surface area contributed by atoms with Gasteiger partial charge in [0.25, 0.3) is 0 Å². The monoisotopic (exact) mass is 1890 g/mol. The molecule has 0 radical (unpaired) electrons. The lowest BCUT2D eigenvalue weighted by atomic mass is 10.1. The molecule has 0 saturated carbocycles. The average molecular weight is 1890 g/mol. The van der Waals surface area contributed by atoms with Crippen molar-refractivity contribution in [3.63, 3.8) is 0 Å². The SMILES string of the molecule is Cc1ccc2c(n1)oc1c(N3c4cccnc4N(c4ccccc4)C3C)c(C)ccc12.Cc1ccc2c(n1)oc1c(N3c4ncccc4N(C(C)C)C3C)c(C)ccc12.Cc1ccc2c(n1)oc1c(N3c4ncccc4N(c4ccccc4)C3C)c(C)ccc12.Cc1ccc2c(n1)oc1c(N3c4nccnc4N(c4ccccc4)C3C)c(C)ccc12.[2H]C([2H])([2H])N1C=CN(c2c(C)ccc3c2oc2nc(C)ccc23)C1C. The molecule has 0 aliphatic carbocycles. The Morgan fingerprint density at radius 3 is 0.902 bits per heavy atom. The highest BCUT2D eigenvalue weighted by atomic mass is 16.4. The van der Waals surface area contributed by atoms with E-state index in [9.17, 15) is 0 Å². The number of rotatable bonds is 9. The van der Waals surface area contributed by atoms with Crippen LogP contribution >= 0.6 is 0 Å². The zero-order valence-electron chi connectivity index (χ0n) is 85.7. The minimum Gasteiger partial charge on any atom is -0.435 e. The second kappa shape index (κ2) is 35.6. The first kappa shape index (κ1) is 86.1. The Hall–Kier alpha value is -17.2. The van der Waals surface area contributed by atoms with E-state index in [4.69, 9.17) is 46.1 Å². The number of benzene rings is 8. The molecule has 5 aliphatic heterocycles. The van der Waals surface area contributed by atoms with Gasteiger partial charge >= 0.3 is 0 Å². The van der Waals surface area contributed by atoms with Crippen molar-refractivity contribution >= 4 is 202 Å². The molecule has 5 atom stereocenters. The number of furan rings is 5. The number of hydrogen-bond donors (Lipinski definition) is 0. The number of fused-ring (bicyclic) bond motifs is 19. The summed E-state index contributed by atoms with van der Waals surface area (Å²) in [5.41, 5.74) is 29.4. The molecule has 19 heterocycles. The summed E-state index contributed by atoms with van der Waals surface area (Å²) in [7, 11) is 0. The fraction of sp³-hybridized carbons (Fsp3) is 0.203. The number of pyridine rings is 8. The fourth-order valence-electron chi connectivity index (χ4n) is 21.4. The van der Waals surface area contributed by atoms with Crippen LogP contribution in [0.15, 0.2) is 314 Å². The Morgan fingerprint density at radius 1 is 0.252 bits per heavy atom. The molecule has 27 rings (SSSR count). The summed E-state index contributed by atoms with van der Waals surface area (Å²) in [6.45, 7) is 33.3. The van der Waals surface area contributed by atoms with E-state index in [2.05, 4.69) is 290 Å². The van der Waals surface area contributed by atoms with Crippen LogP contribution in [0.25, 0.3) is 110 Å². The van der Waals surface area contributed by atoms with Gasteiger partial charge in [-0.15, -0.1) is 0 Å². The maximum absolute atomic E-state index is 7.69. The summed E-state index contributed by atoms with van der Waals surface area (Å²) in [5.74, 6) is 4.51. The zero-order valence-corrected chi connectivity index (χ0v) is 82.7.